The Morgan fingerprint density at radius 2 is 1.70 bits per heavy atom. The van der Waals surface area contributed by atoms with Gasteiger partial charge in [-0.2, -0.15) is 13.2 Å². The Labute approximate surface area is 155 Å². The molecule has 144 valence electrons. The summed E-state index contributed by atoms with van der Waals surface area (Å²) in [6, 6.07) is 8.35. The van der Waals surface area contributed by atoms with Gasteiger partial charge in [0.1, 0.15) is 5.82 Å². The molecule has 1 saturated heterocycles. The Kier molecular flexibility index (Phi) is 5.83. The molecule has 2 heterocycles. The molecule has 3 rings (SSSR count). The maximum Gasteiger partial charge on any atom is 0.418 e. The summed E-state index contributed by atoms with van der Waals surface area (Å²) < 4.78 is 38.9. The van der Waals surface area contributed by atoms with E-state index >= 15 is 0 Å². The number of halogens is 3. The van der Waals surface area contributed by atoms with Crippen LogP contribution in [0.15, 0.2) is 42.6 Å². The molecule has 8 heteroatoms. The molecule has 2 N–H and O–H groups in total. The van der Waals surface area contributed by atoms with Crippen LogP contribution in [-0.2, 0) is 6.18 Å². The van der Waals surface area contributed by atoms with Gasteiger partial charge >= 0.3 is 6.18 Å². The fraction of sp³-hybridized carbons (Fsp3) is 0.368. The standard InChI is InChI=1S/C19H21F3N4O/c20-19(21,22)15-7-3-4-8-16(15)24-25-18(27)14-9-10-17(23-13-14)26-11-5-1-2-6-12-26/h3-4,7-10,13,24H,1-2,5-6,11-12H2,(H,25,27). The third kappa shape index (κ3) is 4.90. The first-order chi connectivity index (χ1) is 12.9. The highest BCUT2D eigenvalue weighted by Crippen LogP contribution is 2.34. The number of hydrazine groups is 1. The van der Waals surface area contributed by atoms with Crippen LogP contribution >= 0.6 is 0 Å². The van der Waals surface area contributed by atoms with Crippen LogP contribution in [0.2, 0.25) is 0 Å². The first-order valence-corrected chi connectivity index (χ1v) is 8.89. The lowest BCUT2D eigenvalue weighted by atomic mass is 10.2. The molecule has 0 atom stereocenters. The molecule has 0 bridgehead atoms. The number of nitrogens with one attached hydrogen (secondary N) is 2. The smallest absolute Gasteiger partial charge is 0.357 e. The summed E-state index contributed by atoms with van der Waals surface area (Å²) in [5.41, 5.74) is 3.85. The second-order valence-corrected chi connectivity index (χ2v) is 6.43. The van der Waals surface area contributed by atoms with Crippen molar-refractivity contribution in [1.29, 1.82) is 0 Å². The maximum atomic E-state index is 13.0. The molecule has 2 aromatic rings. The van der Waals surface area contributed by atoms with Gasteiger partial charge in [-0.05, 0) is 37.1 Å². The van der Waals surface area contributed by atoms with Crippen LogP contribution in [0.4, 0.5) is 24.7 Å². The van der Waals surface area contributed by atoms with Crippen LogP contribution in [0, 0.1) is 0 Å². The van der Waals surface area contributed by atoms with Crippen molar-refractivity contribution in [3.63, 3.8) is 0 Å². The van der Waals surface area contributed by atoms with Crippen LogP contribution in [-0.4, -0.2) is 24.0 Å². The van der Waals surface area contributed by atoms with Crippen LogP contribution in [0.3, 0.4) is 0 Å². The zero-order valence-electron chi connectivity index (χ0n) is 14.7. The van der Waals surface area contributed by atoms with Gasteiger partial charge in [0.05, 0.1) is 16.8 Å². The number of hydrogen-bond donors (Lipinski definition) is 2. The molecule has 1 aliphatic heterocycles. The Morgan fingerprint density at radius 1 is 1.00 bits per heavy atom. The molecule has 0 radical (unpaired) electrons. The molecule has 5 nitrogen and oxygen atoms in total. The van der Waals surface area contributed by atoms with Crippen molar-refractivity contribution in [3.05, 3.63) is 53.7 Å². The van der Waals surface area contributed by atoms with E-state index in [2.05, 4.69) is 20.7 Å². The molecular formula is C19H21F3N4O. The highest BCUT2D eigenvalue weighted by atomic mass is 19.4. The predicted octanol–water partition coefficient (Wildman–Crippen LogP) is 4.24. The van der Waals surface area contributed by atoms with E-state index in [0.29, 0.717) is 0 Å². The van der Waals surface area contributed by atoms with Crippen molar-refractivity contribution in [2.24, 2.45) is 0 Å². The Balaban J connectivity index is 1.63. The van der Waals surface area contributed by atoms with Crippen molar-refractivity contribution < 1.29 is 18.0 Å². The third-order valence-electron chi connectivity index (χ3n) is 4.48. The van der Waals surface area contributed by atoms with Gasteiger partial charge in [-0.15, -0.1) is 0 Å². The lowest BCUT2D eigenvalue weighted by Crippen LogP contribution is -2.31. The average molecular weight is 378 g/mol. The number of pyridine rings is 1. The van der Waals surface area contributed by atoms with E-state index in [1.807, 2.05) is 0 Å². The van der Waals surface area contributed by atoms with Crippen molar-refractivity contribution in [2.45, 2.75) is 31.9 Å². The van der Waals surface area contributed by atoms with Crippen LogP contribution < -0.4 is 15.8 Å². The van der Waals surface area contributed by atoms with Crippen molar-refractivity contribution in [1.82, 2.24) is 10.4 Å². The number of carbonyl (C=O) groups is 1. The quantitative estimate of drug-likeness (QED) is 0.782. The van der Waals surface area contributed by atoms with Gasteiger partial charge in [-0.3, -0.25) is 15.6 Å². The fourth-order valence-electron chi connectivity index (χ4n) is 3.04. The normalized spacial score (nSPS) is 15.1. The van der Waals surface area contributed by atoms with Crippen LogP contribution in [0.25, 0.3) is 0 Å². The summed E-state index contributed by atoms with van der Waals surface area (Å²) >= 11 is 0. The maximum absolute atomic E-state index is 13.0. The molecule has 1 aliphatic rings. The van der Waals surface area contributed by atoms with Crippen molar-refractivity contribution >= 4 is 17.4 Å². The number of aromatic nitrogens is 1. The highest BCUT2D eigenvalue weighted by Gasteiger charge is 2.33. The van der Waals surface area contributed by atoms with E-state index in [0.717, 1.165) is 37.8 Å². The molecule has 1 aromatic carbocycles. The number of amides is 1. The molecule has 0 aliphatic carbocycles. The van der Waals surface area contributed by atoms with Crippen LogP contribution in [0.1, 0.15) is 41.6 Å². The molecule has 0 spiro atoms. The van der Waals surface area contributed by atoms with Crippen LogP contribution in [0.5, 0.6) is 0 Å². The van der Waals surface area contributed by atoms with Gasteiger partial charge in [0.15, 0.2) is 0 Å². The minimum atomic E-state index is -4.51. The summed E-state index contributed by atoms with van der Waals surface area (Å²) in [6.07, 6.45) is 1.58. The number of hydrogen-bond acceptors (Lipinski definition) is 4. The number of rotatable bonds is 4. The Bertz CT molecular complexity index is 769. The van der Waals surface area contributed by atoms with Crippen molar-refractivity contribution in [3.8, 4) is 0 Å². The van der Waals surface area contributed by atoms with Crippen molar-refractivity contribution in [2.75, 3.05) is 23.4 Å². The van der Waals surface area contributed by atoms with Gasteiger partial charge < -0.3 is 4.90 Å². The predicted molar refractivity (Wildman–Crippen MR) is 97.5 cm³/mol. The lowest BCUT2D eigenvalue weighted by molar-refractivity contribution is -0.137. The van der Waals surface area contributed by atoms with Gasteiger partial charge in [0, 0.05) is 19.3 Å². The molecular weight excluding hydrogens is 357 g/mol. The Morgan fingerprint density at radius 3 is 2.33 bits per heavy atom. The molecule has 0 saturated carbocycles. The fourth-order valence-corrected chi connectivity index (χ4v) is 3.04. The zero-order chi connectivity index (χ0) is 19.3. The highest BCUT2D eigenvalue weighted by molar-refractivity contribution is 5.94. The zero-order valence-corrected chi connectivity index (χ0v) is 14.7. The number of carbonyl (C=O) groups excluding carboxylic acids is 1. The topological polar surface area (TPSA) is 57.3 Å². The summed E-state index contributed by atoms with van der Waals surface area (Å²) in [6.45, 7) is 1.88. The van der Waals surface area contributed by atoms with E-state index in [4.69, 9.17) is 0 Å². The van der Waals surface area contributed by atoms with E-state index < -0.39 is 17.6 Å². The first kappa shape index (κ1) is 19.0. The van der Waals surface area contributed by atoms with Gasteiger partial charge in [0.2, 0.25) is 0 Å². The minimum absolute atomic E-state index is 0.215. The van der Waals surface area contributed by atoms with Gasteiger partial charge in [-0.1, -0.05) is 25.0 Å². The second-order valence-electron chi connectivity index (χ2n) is 6.43. The van der Waals surface area contributed by atoms with E-state index in [1.165, 1.54) is 37.2 Å². The van der Waals surface area contributed by atoms with E-state index in [1.54, 1.807) is 12.1 Å². The molecule has 1 fully saturated rings. The molecule has 27 heavy (non-hydrogen) atoms. The van der Waals surface area contributed by atoms with Gasteiger partial charge in [0.25, 0.3) is 5.91 Å². The monoisotopic (exact) mass is 378 g/mol. The number of nitrogens with zero attached hydrogens (tertiary/aromatic N) is 2. The third-order valence-corrected chi connectivity index (χ3v) is 4.48. The number of para-hydroxylation sites is 1. The lowest BCUT2D eigenvalue weighted by Gasteiger charge is -2.21. The molecule has 1 aromatic heterocycles. The van der Waals surface area contributed by atoms with E-state index in [-0.39, 0.29) is 11.3 Å². The summed E-state index contributed by atoms with van der Waals surface area (Å²) in [4.78, 5) is 18.7. The summed E-state index contributed by atoms with van der Waals surface area (Å²) in [5, 5.41) is 0. The first-order valence-electron chi connectivity index (χ1n) is 8.89. The number of benzene rings is 1. The largest absolute Gasteiger partial charge is 0.418 e. The summed E-state index contributed by atoms with van der Waals surface area (Å²) in [7, 11) is 0. The average Bonchev–Trinajstić information content (AvgIpc) is 2.95. The number of alkyl halides is 3. The van der Waals surface area contributed by atoms with E-state index in [9.17, 15) is 18.0 Å². The second kappa shape index (κ2) is 8.28. The minimum Gasteiger partial charge on any atom is -0.357 e. The summed E-state index contributed by atoms with van der Waals surface area (Å²) in [5.74, 6) is 0.255. The van der Waals surface area contributed by atoms with Gasteiger partial charge in [-0.25, -0.2) is 4.98 Å². The number of anilines is 2. The SMILES string of the molecule is O=C(NNc1ccccc1C(F)(F)F)c1ccc(N2CCCCCC2)nc1. The molecule has 1 amide bonds. The Hall–Kier alpha value is -2.77. The molecule has 0 unspecified atom stereocenters.